The van der Waals surface area contributed by atoms with Crippen LogP contribution in [-0.4, -0.2) is 44.3 Å². The molecule has 7 heteroatoms. The van der Waals surface area contributed by atoms with E-state index in [9.17, 15) is 8.42 Å². The topological polar surface area (TPSA) is 75.2 Å². The van der Waals surface area contributed by atoms with Crippen molar-refractivity contribution >= 4 is 15.8 Å². The summed E-state index contributed by atoms with van der Waals surface area (Å²) in [4.78, 5) is 11.3. The quantitative estimate of drug-likeness (QED) is 0.895. The van der Waals surface area contributed by atoms with E-state index in [0.717, 1.165) is 43.0 Å². The largest absolute Gasteiger partial charge is 0.355 e. The number of hydrogen-bond donors (Lipinski definition) is 1. The predicted octanol–water partition coefficient (Wildman–Crippen LogP) is 1.91. The number of benzene rings is 1. The molecule has 3 rings (SSSR count). The van der Waals surface area contributed by atoms with Crippen molar-refractivity contribution in [3.63, 3.8) is 0 Å². The molecule has 1 atom stereocenters. The van der Waals surface area contributed by atoms with Crippen LogP contribution < -0.4 is 9.62 Å². The van der Waals surface area contributed by atoms with Crippen molar-refractivity contribution in [3.05, 3.63) is 42.7 Å². The second-order valence-corrected chi connectivity index (χ2v) is 8.04. The minimum atomic E-state index is -3.14. The lowest BCUT2D eigenvalue weighted by molar-refractivity contribution is 0.409. The Morgan fingerprint density at radius 1 is 1.25 bits per heavy atom. The molecule has 24 heavy (non-hydrogen) atoms. The SMILES string of the molecule is CS(=O)(=O)NC[C@@H]1CCCN(c2cncc(-c3ccccc3)n2)C1. The molecule has 1 aromatic carbocycles. The first-order chi connectivity index (χ1) is 11.5. The van der Waals surface area contributed by atoms with Crippen molar-refractivity contribution in [2.24, 2.45) is 5.92 Å². The average molecular weight is 346 g/mol. The third-order valence-corrected chi connectivity index (χ3v) is 4.86. The summed E-state index contributed by atoms with van der Waals surface area (Å²) in [6.07, 6.45) is 6.78. The fourth-order valence-corrected chi connectivity index (χ4v) is 3.50. The van der Waals surface area contributed by atoms with Crippen LogP contribution in [0.3, 0.4) is 0 Å². The minimum absolute atomic E-state index is 0.288. The number of aromatic nitrogens is 2. The number of hydrogen-bond acceptors (Lipinski definition) is 5. The molecule has 0 unspecified atom stereocenters. The van der Waals surface area contributed by atoms with Gasteiger partial charge in [-0.15, -0.1) is 0 Å². The number of anilines is 1. The smallest absolute Gasteiger partial charge is 0.208 e. The Morgan fingerprint density at radius 2 is 2.04 bits per heavy atom. The van der Waals surface area contributed by atoms with Crippen LogP contribution in [-0.2, 0) is 10.0 Å². The monoisotopic (exact) mass is 346 g/mol. The first-order valence-electron chi connectivity index (χ1n) is 8.08. The van der Waals surface area contributed by atoms with E-state index in [4.69, 9.17) is 4.98 Å². The summed E-state index contributed by atoms with van der Waals surface area (Å²) in [5.74, 6) is 1.14. The summed E-state index contributed by atoms with van der Waals surface area (Å²) in [6.45, 7) is 2.18. The molecule has 1 aliphatic rings. The summed E-state index contributed by atoms with van der Waals surface area (Å²) < 4.78 is 25.2. The van der Waals surface area contributed by atoms with Gasteiger partial charge >= 0.3 is 0 Å². The van der Waals surface area contributed by atoms with Gasteiger partial charge in [0.1, 0.15) is 5.82 Å². The van der Waals surface area contributed by atoms with E-state index in [2.05, 4.69) is 14.6 Å². The highest BCUT2D eigenvalue weighted by molar-refractivity contribution is 7.88. The second kappa shape index (κ2) is 7.27. The molecule has 2 heterocycles. The first-order valence-corrected chi connectivity index (χ1v) is 9.97. The van der Waals surface area contributed by atoms with Crippen LogP contribution in [0.1, 0.15) is 12.8 Å². The third-order valence-electron chi connectivity index (χ3n) is 4.17. The highest BCUT2D eigenvalue weighted by Gasteiger charge is 2.22. The van der Waals surface area contributed by atoms with E-state index in [1.165, 1.54) is 6.26 Å². The molecule has 128 valence electrons. The molecular weight excluding hydrogens is 324 g/mol. The van der Waals surface area contributed by atoms with Crippen LogP contribution in [0.4, 0.5) is 5.82 Å². The van der Waals surface area contributed by atoms with Gasteiger partial charge in [0, 0.05) is 25.2 Å². The molecule has 0 amide bonds. The lowest BCUT2D eigenvalue weighted by Crippen LogP contribution is -2.41. The summed E-state index contributed by atoms with van der Waals surface area (Å²) >= 11 is 0. The summed E-state index contributed by atoms with van der Waals surface area (Å²) in [7, 11) is -3.14. The fourth-order valence-electron chi connectivity index (χ4n) is 2.97. The lowest BCUT2D eigenvalue weighted by Gasteiger charge is -2.33. The Kier molecular flexibility index (Phi) is 5.11. The third kappa shape index (κ3) is 4.52. The molecule has 6 nitrogen and oxygen atoms in total. The van der Waals surface area contributed by atoms with E-state index >= 15 is 0 Å². The lowest BCUT2D eigenvalue weighted by atomic mass is 9.98. The Morgan fingerprint density at radius 3 is 2.79 bits per heavy atom. The van der Waals surface area contributed by atoms with Gasteiger partial charge in [-0.05, 0) is 18.8 Å². The molecule has 1 aliphatic heterocycles. The molecular formula is C17H22N4O2S. The standard InChI is InChI=1S/C17H22N4O2S/c1-24(22,23)19-10-14-6-5-9-21(13-14)17-12-18-11-16(20-17)15-7-3-2-4-8-15/h2-4,7-8,11-12,14,19H,5-6,9-10,13H2,1H3/t14-/m0/s1. The first kappa shape index (κ1) is 16.9. The zero-order chi connectivity index (χ0) is 17.0. The van der Waals surface area contributed by atoms with E-state index in [-0.39, 0.29) is 5.92 Å². The van der Waals surface area contributed by atoms with Gasteiger partial charge < -0.3 is 4.90 Å². The van der Waals surface area contributed by atoms with Gasteiger partial charge in [0.15, 0.2) is 0 Å². The summed E-state index contributed by atoms with van der Waals surface area (Å²) in [6, 6.07) is 9.98. The minimum Gasteiger partial charge on any atom is -0.355 e. The Labute approximate surface area is 143 Å². The molecule has 0 saturated carbocycles. The zero-order valence-corrected chi connectivity index (χ0v) is 14.5. The van der Waals surface area contributed by atoms with Crippen LogP contribution in [0, 0.1) is 5.92 Å². The van der Waals surface area contributed by atoms with Crippen molar-refractivity contribution in [2.45, 2.75) is 12.8 Å². The number of nitrogens with one attached hydrogen (secondary N) is 1. The van der Waals surface area contributed by atoms with Crippen molar-refractivity contribution < 1.29 is 8.42 Å². The van der Waals surface area contributed by atoms with Gasteiger partial charge in [-0.3, -0.25) is 4.98 Å². The maximum Gasteiger partial charge on any atom is 0.208 e. The fraction of sp³-hybridized carbons (Fsp3) is 0.412. The normalized spacial score (nSPS) is 18.5. The molecule has 0 aliphatic carbocycles. The molecule has 0 bridgehead atoms. The molecule has 0 radical (unpaired) electrons. The van der Waals surface area contributed by atoms with Crippen LogP contribution in [0.25, 0.3) is 11.3 Å². The summed E-state index contributed by atoms with van der Waals surface area (Å²) in [5, 5.41) is 0. The molecule has 1 aromatic heterocycles. The van der Waals surface area contributed by atoms with Crippen LogP contribution in [0.2, 0.25) is 0 Å². The predicted molar refractivity (Wildman–Crippen MR) is 95.3 cm³/mol. The second-order valence-electron chi connectivity index (χ2n) is 6.20. The molecule has 1 fully saturated rings. The highest BCUT2D eigenvalue weighted by Crippen LogP contribution is 2.23. The number of piperidine rings is 1. The molecule has 0 spiro atoms. The van der Waals surface area contributed by atoms with Crippen molar-refractivity contribution in [2.75, 3.05) is 30.8 Å². The van der Waals surface area contributed by atoms with E-state index < -0.39 is 10.0 Å². The van der Waals surface area contributed by atoms with Crippen molar-refractivity contribution in [1.29, 1.82) is 0 Å². The maximum atomic E-state index is 11.3. The summed E-state index contributed by atoms with van der Waals surface area (Å²) in [5.41, 5.74) is 1.89. The van der Waals surface area contributed by atoms with Gasteiger partial charge in [-0.25, -0.2) is 18.1 Å². The molecule has 1 N–H and O–H groups in total. The van der Waals surface area contributed by atoms with Gasteiger partial charge in [0.05, 0.1) is 24.3 Å². The van der Waals surface area contributed by atoms with Gasteiger partial charge in [-0.1, -0.05) is 30.3 Å². The molecule has 1 saturated heterocycles. The molecule has 2 aromatic rings. The van der Waals surface area contributed by atoms with Crippen LogP contribution in [0.15, 0.2) is 42.7 Å². The van der Waals surface area contributed by atoms with Gasteiger partial charge in [-0.2, -0.15) is 0 Å². The Balaban J connectivity index is 1.72. The van der Waals surface area contributed by atoms with Crippen LogP contribution in [0.5, 0.6) is 0 Å². The number of rotatable bonds is 5. The zero-order valence-electron chi connectivity index (χ0n) is 13.7. The highest BCUT2D eigenvalue weighted by atomic mass is 32.2. The van der Waals surface area contributed by atoms with Crippen molar-refractivity contribution in [1.82, 2.24) is 14.7 Å². The van der Waals surface area contributed by atoms with E-state index in [1.807, 2.05) is 30.3 Å². The number of nitrogens with zero attached hydrogens (tertiary/aromatic N) is 3. The Bertz CT molecular complexity index is 780. The number of sulfonamides is 1. The van der Waals surface area contributed by atoms with E-state index in [1.54, 1.807) is 12.4 Å². The van der Waals surface area contributed by atoms with Gasteiger partial charge in [0.2, 0.25) is 10.0 Å². The average Bonchev–Trinajstić information content (AvgIpc) is 2.61. The maximum absolute atomic E-state index is 11.3. The van der Waals surface area contributed by atoms with Crippen LogP contribution >= 0.6 is 0 Å². The van der Waals surface area contributed by atoms with Gasteiger partial charge in [0.25, 0.3) is 0 Å². The van der Waals surface area contributed by atoms with Crippen molar-refractivity contribution in [3.8, 4) is 11.3 Å². The van der Waals surface area contributed by atoms with E-state index in [0.29, 0.717) is 6.54 Å². The Hall–Kier alpha value is -1.99.